The lowest BCUT2D eigenvalue weighted by Crippen LogP contribution is -2.18. The molecule has 0 aliphatic carbocycles. The Bertz CT molecular complexity index is 680. The lowest BCUT2D eigenvalue weighted by Gasteiger charge is -2.14. The molecule has 112 valence electrons. The molecule has 0 fully saturated rings. The van der Waals surface area contributed by atoms with Crippen molar-refractivity contribution in [3.8, 4) is 5.75 Å². The number of aromatic amines is 1. The normalized spacial score (nSPS) is 10.9. The molecule has 0 aliphatic rings. The van der Waals surface area contributed by atoms with E-state index in [9.17, 15) is 4.79 Å². The number of aryl methyl sites for hydroxylation is 1. The quantitative estimate of drug-likeness (QED) is 0.681. The van der Waals surface area contributed by atoms with Crippen molar-refractivity contribution in [2.75, 3.05) is 6.26 Å². The number of nitrogens with one attached hydrogen (secondary N) is 1. The molecule has 2 aromatic rings. The summed E-state index contributed by atoms with van der Waals surface area (Å²) in [5.74, 6) is 0.820. The van der Waals surface area contributed by atoms with Gasteiger partial charge in [-0.3, -0.25) is 4.79 Å². The maximum absolute atomic E-state index is 12.2. The Hall–Kier alpha value is -1.75. The summed E-state index contributed by atoms with van der Waals surface area (Å²) in [6.45, 7) is 5.85. The number of benzene rings is 1. The molecule has 1 heterocycles. The molecule has 0 bridgehead atoms. The average molecular weight is 304 g/mol. The van der Waals surface area contributed by atoms with Crippen LogP contribution in [-0.4, -0.2) is 22.3 Å². The summed E-state index contributed by atoms with van der Waals surface area (Å²) in [6, 6.07) is 7.81. The molecule has 0 aliphatic heterocycles. The van der Waals surface area contributed by atoms with E-state index in [4.69, 9.17) is 4.74 Å². The van der Waals surface area contributed by atoms with Gasteiger partial charge in [-0.2, -0.15) is 0 Å². The summed E-state index contributed by atoms with van der Waals surface area (Å²) in [5.41, 5.74) is 2.37. The molecule has 4 nitrogen and oxygen atoms in total. The minimum Gasteiger partial charge on any atom is -0.491 e. The molecule has 0 saturated carbocycles. The molecular formula is C16H20N2O2S. The number of hydrogen-bond acceptors (Lipinski definition) is 4. The number of hydrogen-bond donors (Lipinski definition) is 1. The topological polar surface area (TPSA) is 55.0 Å². The van der Waals surface area contributed by atoms with Crippen LogP contribution in [0.1, 0.15) is 30.7 Å². The molecule has 2 rings (SSSR count). The Kier molecular flexibility index (Phi) is 5.07. The van der Waals surface area contributed by atoms with E-state index in [2.05, 4.69) is 9.97 Å². The van der Waals surface area contributed by atoms with E-state index in [1.54, 1.807) is 0 Å². The Balaban J connectivity index is 2.37. The standard InChI is InChI=1S/C16H20N2O2S/c1-10(2)20-14-8-6-5-7-12(14)9-13-11(3)17-16(21-4)18-15(13)19/h5-8,10H,9H2,1-4H3,(H,17,18,19). The Morgan fingerprint density at radius 1 is 1.33 bits per heavy atom. The Labute approximate surface area is 129 Å². The number of para-hydroxylation sites is 1. The summed E-state index contributed by atoms with van der Waals surface area (Å²) in [6.07, 6.45) is 2.51. The van der Waals surface area contributed by atoms with Gasteiger partial charge < -0.3 is 9.72 Å². The van der Waals surface area contributed by atoms with Gasteiger partial charge in [-0.25, -0.2) is 4.98 Å². The molecule has 1 aromatic carbocycles. The van der Waals surface area contributed by atoms with Crippen molar-refractivity contribution >= 4 is 11.8 Å². The van der Waals surface area contributed by atoms with E-state index in [-0.39, 0.29) is 11.7 Å². The van der Waals surface area contributed by atoms with Gasteiger partial charge in [0, 0.05) is 17.7 Å². The molecule has 21 heavy (non-hydrogen) atoms. The van der Waals surface area contributed by atoms with E-state index in [1.807, 2.05) is 51.3 Å². The molecule has 0 amide bonds. The maximum atomic E-state index is 12.2. The number of rotatable bonds is 5. The number of thioether (sulfide) groups is 1. The van der Waals surface area contributed by atoms with Crippen LogP contribution in [0.2, 0.25) is 0 Å². The largest absolute Gasteiger partial charge is 0.491 e. The molecular weight excluding hydrogens is 284 g/mol. The SMILES string of the molecule is CSc1nc(C)c(Cc2ccccc2OC(C)C)c(=O)[nH]1. The van der Waals surface area contributed by atoms with Gasteiger partial charge in [0.15, 0.2) is 5.16 Å². The zero-order valence-corrected chi connectivity index (χ0v) is 13.6. The number of nitrogens with zero attached hydrogens (tertiary/aromatic N) is 1. The van der Waals surface area contributed by atoms with Crippen molar-refractivity contribution in [1.82, 2.24) is 9.97 Å². The molecule has 1 N–H and O–H groups in total. The highest BCUT2D eigenvalue weighted by Crippen LogP contribution is 2.22. The third-order valence-electron chi connectivity index (χ3n) is 3.10. The van der Waals surface area contributed by atoms with Gasteiger partial charge in [0.2, 0.25) is 0 Å². The third kappa shape index (κ3) is 3.88. The fraction of sp³-hybridized carbons (Fsp3) is 0.375. The predicted molar refractivity (Wildman–Crippen MR) is 86.4 cm³/mol. The highest BCUT2D eigenvalue weighted by molar-refractivity contribution is 7.98. The van der Waals surface area contributed by atoms with Gasteiger partial charge in [0.25, 0.3) is 5.56 Å². The molecule has 0 unspecified atom stereocenters. The summed E-state index contributed by atoms with van der Waals surface area (Å²) in [4.78, 5) is 19.4. The van der Waals surface area contributed by atoms with Crippen molar-refractivity contribution in [2.45, 2.75) is 38.5 Å². The zero-order chi connectivity index (χ0) is 15.4. The predicted octanol–water partition coefficient (Wildman–Crippen LogP) is 3.18. The van der Waals surface area contributed by atoms with Crippen LogP contribution in [0.25, 0.3) is 0 Å². The number of H-pyrrole nitrogens is 1. The van der Waals surface area contributed by atoms with Crippen LogP contribution in [0.5, 0.6) is 5.75 Å². The van der Waals surface area contributed by atoms with Gasteiger partial charge in [-0.1, -0.05) is 30.0 Å². The van der Waals surface area contributed by atoms with Crippen LogP contribution in [0.15, 0.2) is 34.2 Å². The zero-order valence-electron chi connectivity index (χ0n) is 12.8. The van der Waals surface area contributed by atoms with Crippen molar-refractivity contribution in [1.29, 1.82) is 0 Å². The Morgan fingerprint density at radius 2 is 2.05 bits per heavy atom. The van der Waals surface area contributed by atoms with E-state index < -0.39 is 0 Å². The van der Waals surface area contributed by atoms with E-state index in [0.717, 1.165) is 17.0 Å². The maximum Gasteiger partial charge on any atom is 0.255 e. The highest BCUT2D eigenvalue weighted by Gasteiger charge is 2.12. The van der Waals surface area contributed by atoms with Crippen molar-refractivity contribution < 1.29 is 4.74 Å². The van der Waals surface area contributed by atoms with Crippen LogP contribution >= 0.6 is 11.8 Å². The van der Waals surface area contributed by atoms with Crippen molar-refractivity contribution in [3.05, 3.63) is 51.4 Å². The third-order valence-corrected chi connectivity index (χ3v) is 3.68. The summed E-state index contributed by atoms with van der Waals surface area (Å²) < 4.78 is 5.81. The van der Waals surface area contributed by atoms with E-state index in [0.29, 0.717) is 17.1 Å². The second-order valence-corrected chi connectivity index (χ2v) is 5.89. The fourth-order valence-corrected chi connectivity index (χ4v) is 2.52. The van der Waals surface area contributed by atoms with Gasteiger partial charge in [0.05, 0.1) is 6.10 Å². The van der Waals surface area contributed by atoms with Gasteiger partial charge in [0.1, 0.15) is 5.75 Å². The molecule has 5 heteroatoms. The lowest BCUT2D eigenvalue weighted by atomic mass is 10.0. The Morgan fingerprint density at radius 3 is 2.67 bits per heavy atom. The van der Waals surface area contributed by atoms with Gasteiger partial charge >= 0.3 is 0 Å². The van der Waals surface area contributed by atoms with Crippen LogP contribution in [0, 0.1) is 6.92 Å². The second kappa shape index (κ2) is 6.80. The summed E-state index contributed by atoms with van der Waals surface area (Å²) in [7, 11) is 0. The highest BCUT2D eigenvalue weighted by atomic mass is 32.2. The summed E-state index contributed by atoms with van der Waals surface area (Å²) >= 11 is 1.43. The van der Waals surface area contributed by atoms with Gasteiger partial charge in [-0.15, -0.1) is 0 Å². The summed E-state index contributed by atoms with van der Waals surface area (Å²) in [5, 5.41) is 0.646. The first-order chi connectivity index (χ1) is 10.0. The average Bonchev–Trinajstić information content (AvgIpc) is 2.43. The van der Waals surface area contributed by atoms with Crippen molar-refractivity contribution in [2.24, 2.45) is 0 Å². The molecule has 0 radical (unpaired) electrons. The number of aromatic nitrogens is 2. The molecule has 1 aromatic heterocycles. The van der Waals surface area contributed by atoms with Gasteiger partial charge in [-0.05, 0) is 38.7 Å². The molecule has 0 saturated heterocycles. The minimum atomic E-state index is -0.0776. The van der Waals surface area contributed by atoms with E-state index in [1.165, 1.54) is 11.8 Å². The van der Waals surface area contributed by atoms with Crippen LogP contribution < -0.4 is 10.3 Å². The monoisotopic (exact) mass is 304 g/mol. The first-order valence-corrected chi connectivity index (χ1v) is 8.12. The number of ether oxygens (including phenoxy) is 1. The fourth-order valence-electron chi connectivity index (χ4n) is 2.10. The minimum absolute atomic E-state index is 0.0776. The van der Waals surface area contributed by atoms with Crippen LogP contribution in [-0.2, 0) is 6.42 Å². The first-order valence-electron chi connectivity index (χ1n) is 6.89. The molecule has 0 atom stereocenters. The lowest BCUT2D eigenvalue weighted by molar-refractivity contribution is 0.240. The second-order valence-electron chi connectivity index (χ2n) is 5.09. The van der Waals surface area contributed by atoms with Crippen LogP contribution in [0.4, 0.5) is 0 Å². The first kappa shape index (κ1) is 15.6. The van der Waals surface area contributed by atoms with E-state index >= 15 is 0 Å². The van der Waals surface area contributed by atoms with Crippen LogP contribution in [0.3, 0.4) is 0 Å². The van der Waals surface area contributed by atoms with Crippen molar-refractivity contribution in [3.63, 3.8) is 0 Å². The molecule has 0 spiro atoms. The smallest absolute Gasteiger partial charge is 0.255 e.